The number of aliphatic hydroxyl groups excluding tert-OH is 1. The Morgan fingerprint density at radius 2 is 1.26 bits per heavy atom. The maximum Gasteiger partial charge on any atom is 0.326 e. The van der Waals surface area contributed by atoms with E-state index in [0.29, 0.717) is 23.2 Å². The number of benzene rings is 2. The van der Waals surface area contributed by atoms with E-state index < -0.39 is 102 Å². The summed E-state index contributed by atoms with van der Waals surface area (Å²) in [7, 11) is 0. The van der Waals surface area contributed by atoms with E-state index in [4.69, 9.17) is 5.73 Å². The molecule has 7 atom stereocenters. The normalized spacial score (nSPS) is 16.6. The van der Waals surface area contributed by atoms with Crippen molar-refractivity contribution < 1.29 is 54.0 Å². The second-order valence-corrected chi connectivity index (χ2v) is 16.0. The molecule has 4 rings (SSSR count). The van der Waals surface area contributed by atoms with Gasteiger partial charge in [-0.2, -0.15) is 0 Å². The lowest BCUT2D eigenvalue weighted by atomic mass is 9.99. The molecule has 20 heteroatoms. The van der Waals surface area contributed by atoms with E-state index in [-0.39, 0.29) is 43.7 Å². The van der Waals surface area contributed by atoms with Gasteiger partial charge in [-0.1, -0.05) is 52.0 Å². The molecule has 1 fully saturated rings. The first-order valence-electron chi connectivity index (χ1n) is 20.3. The van der Waals surface area contributed by atoms with Crippen LogP contribution in [0.5, 0.6) is 11.5 Å². The molecule has 336 valence electrons. The average Bonchev–Trinajstić information content (AvgIpc) is 3.94. The van der Waals surface area contributed by atoms with Gasteiger partial charge in [0, 0.05) is 37.7 Å². The number of amides is 6. The van der Waals surface area contributed by atoms with Crippen LogP contribution in [-0.2, 0) is 52.8 Å². The van der Waals surface area contributed by atoms with Gasteiger partial charge in [0.05, 0.1) is 19.0 Å². The Kier molecular flexibility index (Phi) is 17.3. The number of phenols is 2. The molecule has 0 spiro atoms. The lowest BCUT2D eigenvalue weighted by molar-refractivity contribution is -0.145. The van der Waals surface area contributed by atoms with E-state index in [1.165, 1.54) is 53.8 Å². The van der Waals surface area contributed by atoms with Crippen LogP contribution in [-0.4, -0.2) is 132 Å². The van der Waals surface area contributed by atoms with Crippen LogP contribution < -0.4 is 32.3 Å². The highest BCUT2D eigenvalue weighted by Crippen LogP contribution is 2.22. The number of carbonyl (C=O) groups is 7. The minimum Gasteiger partial charge on any atom is -0.508 e. The number of H-pyrrole nitrogens is 1. The molecule has 3 aromatic rings. The molecule has 1 saturated heterocycles. The summed E-state index contributed by atoms with van der Waals surface area (Å²) in [6, 6.07) is 2.87. The SMILES string of the molecule is CC(C)[C@H](NC(=O)[C@@H]1CCCN1C(=O)[C@H](Cc1ccc(O)cc1)NC(=O)[C@H](Cc1ccc(O)cc1)NC(=O)[C@@H](NC(=O)[C@H](CO)NC(=O)[C@@H](N)Cc1cnc[nH]1)C(C)C)C(=O)O. The molecule has 2 aromatic carbocycles. The van der Waals surface area contributed by atoms with E-state index in [1.54, 1.807) is 39.8 Å². The zero-order chi connectivity index (χ0) is 45.7. The third kappa shape index (κ3) is 13.5. The van der Waals surface area contributed by atoms with Crippen molar-refractivity contribution in [2.75, 3.05) is 13.2 Å². The van der Waals surface area contributed by atoms with Crippen molar-refractivity contribution in [1.29, 1.82) is 0 Å². The monoisotopic (exact) mass is 863 g/mol. The van der Waals surface area contributed by atoms with Crippen molar-refractivity contribution in [3.63, 3.8) is 0 Å². The number of aromatic hydroxyl groups is 2. The number of hydrogen-bond acceptors (Lipinski definition) is 12. The molecule has 6 amide bonds. The van der Waals surface area contributed by atoms with E-state index >= 15 is 0 Å². The molecule has 20 nitrogen and oxygen atoms in total. The van der Waals surface area contributed by atoms with E-state index in [1.807, 2.05) is 0 Å². The fourth-order valence-corrected chi connectivity index (χ4v) is 6.93. The first-order chi connectivity index (χ1) is 29.4. The number of aromatic amines is 1. The molecule has 12 N–H and O–H groups in total. The first kappa shape index (κ1) is 48.1. The van der Waals surface area contributed by atoms with Crippen molar-refractivity contribution in [1.82, 2.24) is 41.5 Å². The van der Waals surface area contributed by atoms with Crippen LogP contribution in [0.4, 0.5) is 0 Å². The lowest BCUT2D eigenvalue weighted by Gasteiger charge is -2.31. The maximum absolute atomic E-state index is 14.4. The summed E-state index contributed by atoms with van der Waals surface area (Å²) in [5.74, 6) is -6.98. The number of carboxylic acid groups (broad SMARTS) is 1. The van der Waals surface area contributed by atoms with Gasteiger partial charge in [-0.15, -0.1) is 0 Å². The molecule has 0 unspecified atom stereocenters. The smallest absolute Gasteiger partial charge is 0.326 e. The number of nitrogens with two attached hydrogens (primary N) is 1. The summed E-state index contributed by atoms with van der Waals surface area (Å²) < 4.78 is 0. The van der Waals surface area contributed by atoms with Crippen molar-refractivity contribution in [3.05, 3.63) is 77.9 Å². The van der Waals surface area contributed by atoms with Gasteiger partial charge in [0.25, 0.3) is 0 Å². The third-order valence-electron chi connectivity index (χ3n) is 10.5. The van der Waals surface area contributed by atoms with E-state index in [2.05, 4.69) is 36.6 Å². The number of carbonyl (C=O) groups excluding carboxylic acids is 6. The molecule has 62 heavy (non-hydrogen) atoms. The fraction of sp³-hybridized carbons (Fsp3) is 0.476. The fourth-order valence-electron chi connectivity index (χ4n) is 6.93. The van der Waals surface area contributed by atoms with Crippen molar-refractivity contribution in [2.45, 2.75) is 102 Å². The Labute approximate surface area is 358 Å². The zero-order valence-corrected chi connectivity index (χ0v) is 35.0. The van der Waals surface area contributed by atoms with Gasteiger partial charge < -0.3 is 62.6 Å². The van der Waals surface area contributed by atoms with Crippen molar-refractivity contribution in [2.24, 2.45) is 17.6 Å². The second-order valence-electron chi connectivity index (χ2n) is 16.0. The van der Waals surface area contributed by atoms with E-state index in [0.717, 1.165) is 0 Å². The number of aliphatic carboxylic acids is 1. The second kappa shape index (κ2) is 22.3. The molecular weight excluding hydrogens is 807 g/mol. The van der Waals surface area contributed by atoms with Crippen LogP contribution in [0.15, 0.2) is 61.1 Å². The number of likely N-dealkylation sites (tertiary alicyclic amines) is 1. The zero-order valence-electron chi connectivity index (χ0n) is 35.0. The molecule has 1 aliphatic heterocycles. The summed E-state index contributed by atoms with van der Waals surface area (Å²) in [6.45, 7) is 5.83. The van der Waals surface area contributed by atoms with Gasteiger partial charge in [0.2, 0.25) is 35.4 Å². The predicted octanol–water partition coefficient (Wildman–Crippen LogP) is -1.02. The summed E-state index contributed by atoms with van der Waals surface area (Å²) >= 11 is 0. The van der Waals surface area contributed by atoms with Crippen LogP contribution >= 0.6 is 0 Å². The molecule has 2 heterocycles. The van der Waals surface area contributed by atoms with Crippen LogP contribution in [0.2, 0.25) is 0 Å². The number of phenolic OH excluding ortho intramolecular Hbond substituents is 2. The highest BCUT2D eigenvalue weighted by Gasteiger charge is 2.40. The highest BCUT2D eigenvalue weighted by atomic mass is 16.4. The maximum atomic E-state index is 14.4. The molecule has 1 aliphatic rings. The summed E-state index contributed by atoms with van der Waals surface area (Å²) in [5.41, 5.74) is 7.59. The Balaban J connectivity index is 1.58. The molecule has 0 aliphatic carbocycles. The average molecular weight is 864 g/mol. The highest BCUT2D eigenvalue weighted by molar-refractivity contribution is 5.97. The Morgan fingerprint density at radius 3 is 1.77 bits per heavy atom. The number of imidazole rings is 1. The summed E-state index contributed by atoms with van der Waals surface area (Å²) in [5, 5.41) is 52.4. The summed E-state index contributed by atoms with van der Waals surface area (Å²) in [4.78, 5) is 102. The molecule has 0 saturated carbocycles. The number of aromatic nitrogens is 2. The van der Waals surface area contributed by atoms with Crippen LogP contribution in [0, 0.1) is 11.8 Å². The number of aliphatic hydroxyl groups is 1. The quantitative estimate of drug-likeness (QED) is 0.0612. The number of rotatable bonds is 21. The topological polar surface area (TPSA) is 318 Å². The Morgan fingerprint density at radius 1 is 0.726 bits per heavy atom. The molecule has 0 radical (unpaired) electrons. The van der Waals surface area contributed by atoms with Crippen molar-refractivity contribution in [3.8, 4) is 11.5 Å². The van der Waals surface area contributed by atoms with Crippen LogP contribution in [0.3, 0.4) is 0 Å². The Bertz CT molecular complexity index is 2010. The van der Waals surface area contributed by atoms with Crippen LogP contribution in [0.1, 0.15) is 57.4 Å². The number of nitrogens with zero attached hydrogens (tertiary/aromatic N) is 2. The van der Waals surface area contributed by atoms with E-state index in [9.17, 15) is 54.0 Å². The minimum absolute atomic E-state index is 0.0416. The molecule has 1 aromatic heterocycles. The number of carboxylic acids is 1. The molecule has 0 bridgehead atoms. The van der Waals surface area contributed by atoms with Gasteiger partial charge in [-0.3, -0.25) is 28.8 Å². The largest absolute Gasteiger partial charge is 0.508 e. The van der Waals surface area contributed by atoms with Gasteiger partial charge in [-0.05, 0) is 60.1 Å². The summed E-state index contributed by atoms with van der Waals surface area (Å²) in [6.07, 6.45) is 3.36. The third-order valence-corrected chi connectivity index (χ3v) is 10.5. The minimum atomic E-state index is -1.50. The van der Waals surface area contributed by atoms with Gasteiger partial charge >= 0.3 is 5.97 Å². The predicted molar refractivity (Wildman–Crippen MR) is 223 cm³/mol. The van der Waals surface area contributed by atoms with Crippen molar-refractivity contribution >= 4 is 41.4 Å². The molecular formula is C42H57N9O11. The standard InChI is InChI=1S/C42H57N9O11/c1-22(2)34(49-38(57)32(20-52)48-36(55)29(43)18-26-19-44-21-45-26)40(59)46-30(16-24-7-11-27(53)12-8-24)37(56)47-31(17-25-9-13-28(54)14-10-25)41(60)51-15-5-6-33(51)39(58)50-35(23(3)4)42(61)62/h7-14,19,21-23,29-35,52-54H,5-6,15-18,20,43H2,1-4H3,(H,44,45)(H,46,59)(H,47,56)(H,48,55)(H,49,57)(H,50,58)(H,61,62)/t29-,30-,31-,32-,33-,34-,35-/m0/s1. The lowest BCUT2D eigenvalue weighted by Crippen LogP contribution is -2.61. The Hall–Kier alpha value is -6.54. The first-order valence-corrected chi connectivity index (χ1v) is 20.3. The van der Waals surface area contributed by atoms with Gasteiger partial charge in [-0.25, -0.2) is 9.78 Å². The number of nitrogens with one attached hydrogen (secondary N) is 6. The van der Waals surface area contributed by atoms with Gasteiger partial charge in [0.15, 0.2) is 0 Å². The van der Waals surface area contributed by atoms with Gasteiger partial charge in [0.1, 0.15) is 47.8 Å². The van der Waals surface area contributed by atoms with Crippen LogP contribution in [0.25, 0.3) is 0 Å². The number of hydrogen-bond donors (Lipinski definition) is 11.